The first-order valence-corrected chi connectivity index (χ1v) is 12.4. The number of benzene rings is 2. The van der Waals surface area contributed by atoms with E-state index in [0.717, 1.165) is 58.7 Å². The first kappa shape index (κ1) is 23.3. The maximum Gasteiger partial charge on any atom is 0.225 e. The Morgan fingerprint density at radius 2 is 1.86 bits per heavy atom. The van der Waals surface area contributed by atoms with Gasteiger partial charge in [0.2, 0.25) is 5.91 Å². The number of amides is 1. The molecule has 1 aliphatic heterocycles. The van der Waals surface area contributed by atoms with Gasteiger partial charge >= 0.3 is 0 Å². The second-order valence-corrected chi connectivity index (χ2v) is 9.67. The Morgan fingerprint density at radius 1 is 1.09 bits per heavy atom. The molecule has 180 valence electrons. The van der Waals surface area contributed by atoms with Crippen molar-refractivity contribution in [1.82, 2.24) is 25.3 Å². The van der Waals surface area contributed by atoms with E-state index in [1.165, 1.54) is 5.56 Å². The van der Waals surface area contributed by atoms with Crippen LogP contribution in [-0.2, 0) is 11.3 Å². The molecule has 0 saturated carbocycles. The van der Waals surface area contributed by atoms with Crippen LogP contribution >= 0.6 is 11.6 Å². The zero-order chi connectivity index (χ0) is 24.5. The van der Waals surface area contributed by atoms with Crippen LogP contribution in [0, 0.1) is 26.7 Å². The SMILES string of the molecule is Cc1ccc(-n2nc3c(N4CCC[C@H](C(=O)NCc5ccccc5Cl)C4)nnc(C)c3c2C)cc1. The Balaban J connectivity index is 1.40. The van der Waals surface area contributed by atoms with E-state index in [9.17, 15) is 4.79 Å². The first-order valence-electron chi connectivity index (χ1n) is 12.0. The van der Waals surface area contributed by atoms with Gasteiger partial charge < -0.3 is 10.2 Å². The van der Waals surface area contributed by atoms with Gasteiger partial charge in [0.1, 0.15) is 5.52 Å². The Bertz CT molecular complexity index is 1380. The fourth-order valence-electron chi connectivity index (χ4n) is 4.81. The summed E-state index contributed by atoms with van der Waals surface area (Å²) in [6.45, 7) is 7.92. The summed E-state index contributed by atoms with van der Waals surface area (Å²) in [5.74, 6) is 0.639. The summed E-state index contributed by atoms with van der Waals surface area (Å²) >= 11 is 6.25. The fraction of sp³-hybridized carbons (Fsp3) is 0.333. The second kappa shape index (κ2) is 9.66. The zero-order valence-corrected chi connectivity index (χ0v) is 21.0. The summed E-state index contributed by atoms with van der Waals surface area (Å²) in [6.07, 6.45) is 1.74. The lowest BCUT2D eigenvalue weighted by atomic mass is 9.97. The molecule has 4 aromatic rings. The molecule has 0 bridgehead atoms. The largest absolute Gasteiger partial charge is 0.352 e. The molecule has 1 fully saturated rings. The van der Waals surface area contributed by atoms with E-state index in [1.807, 2.05) is 35.9 Å². The Morgan fingerprint density at radius 3 is 2.63 bits per heavy atom. The van der Waals surface area contributed by atoms with Crippen molar-refractivity contribution >= 4 is 34.2 Å². The summed E-state index contributed by atoms with van der Waals surface area (Å²) in [4.78, 5) is 15.2. The van der Waals surface area contributed by atoms with Crippen LogP contribution in [0.3, 0.4) is 0 Å². The van der Waals surface area contributed by atoms with Gasteiger partial charge in [-0.1, -0.05) is 47.5 Å². The zero-order valence-electron chi connectivity index (χ0n) is 20.3. The van der Waals surface area contributed by atoms with E-state index in [4.69, 9.17) is 16.7 Å². The number of aromatic nitrogens is 4. The molecule has 8 heteroatoms. The van der Waals surface area contributed by atoms with Gasteiger partial charge in [0.05, 0.1) is 28.4 Å². The number of carbonyl (C=O) groups is 1. The molecule has 7 nitrogen and oxygen atoms in total. The molecule has 0 unspecified atom stereocenters. The predicted molar refractivity (Wildman–Crippen MR) is 139 cm³/mol. The number of carbonyl (C=O) groups excluding carboxylic acids is 1. The third-order valence-electron chi connectivity index (χ3n) is 6.77. The number of nitrogens with one attached hydrogen (secondary N) is 1. The van der Waals surface area contributed by atoms with Crippen LogP contribution in [-0.4, -0.2) is 39.0 Å². The first-order chi connectivity index (χ1) is 16.9. The number of aryl methyl sites for hydroxylation is 3. The molecule has 2 aromatic carbocycles. The van der Waals surface area contributed by atoms with Crippen LogP contribution in [0.25, 0.3) is 16.6 Å². The Kier molecular flexibility index (Phi) is 6.43. The van der Waals surface area contributed by atoms with Crippen LogP contribution in [0.2, 0.25) is 5.02 Å². The van der Waals surface area contributed by atoms with Crippen molar-refractivity contribution in [2.45, 2.75) is 40.2 Å². The van der Waals surface area contributed by atoms with Gasteiger partial charge in [0.25, 0.3) is 0 Å². The Hall–Kier alpha value is -3.45. The average molecular weight is 489 g/mol. The molecular formula is C27H29ClN6O. The van der Waals surface area contributed by atoms with Gasteiger partial charge in [0, 0.05) is 24.7 Å². The average Bonchev–Trinajstić information content (AvgIpc) is 3.22. The molecule has 3 heterocycles. The minimum Gasteiger partial charge on any atom is -0.352 e. The lowest BCUT2D eigenvalue weighted by Gasteiger charge is -2.32. The van der Waals surface area contributed by atoms with Crippen molar-refractivity contribution in [2.24, 2.45) is 5.92 Å². The van der Waals surface area contributed by atoms with Crippen LogP contribution < -0.4 is 10.2 Å². The highest BCUT2D eigenvalue weighted by Gasteiger charge is 2.29. The number of nitrogens with zero attached hydrogens (tertiary/aromatic N) is 5. The number of halogens is 1. The van der Waals surface area contributed by atoms with Gasteiger partial charge in [-0.3, -0.25) is 4.79 Å². The maximum absolute atomic E-state index is 13.0. The van der Waals surface area contributed by atoms with Crippen molar-refractivity contribution in [3.8, 4) is 5.69 Å². The van der Waals surface area contributed by atoms with Crippen LogP contribution in [0.15, 0.2) is 48.5 Å². The summed E-state index contributed by atoms with van der Waals surface area (Å²) in [7, 11) is 0. The minimum atomic E-state index is -0.135. The van der Waals surface area contributed by atoms with Gasteiger partial charge in [-0.25, -0.2) is 4.68 Å². The number of anilines is 1. The van der Waals surface area contributed by atoms with Crippen molar-refractivity contribution in [3.05, 3.63) is 76.1 Å². The monoisotopic (exact) mass is 488 g/mol. The van der Waals surface area contributed by atoms with Crippen LogP contribution in [0.4, 0.5) is 5.82 Å². The quantitative estimate of drug-likeness (QED) is 0.431. The molecular weight excluding hydrogens is 460 g/mol. The molecule has 35 heavy (non-hydrogen) atoms. The van der Waals surface area contributed by atoms with Crippen molar-refractivity contribution in [2.75, 3.05) is 18.0 Å². The third kappa shape index (κ3) is 4.60. The van der Waals surface area contributed by atoms with Crippen molar-refractivity contribution < 1.29 is 4.79 Å². The lowest BCUT2D eigenvalue weighted by Crippen LogP contribution is -2.43. The number of hydrogen-bond acceptors (Lipinski definition) is 5. The van der Waals surface area contributed by atoms with E-state index in [-0.39, 0.29) is 11.8 Å². The highest BCUT2D eigenvalue weighted by atomic mass is 35.5. The van der Waals surface area contributed by atoms with Crippen LogP contribution in [0.1, 0.15) is 35.4 Å². The van der Waals surface area contributed by atoms with Gasteiger partial charge in [0.15, 0.2) is 5.82 Å². The van der Waals surface area contributed by atoms with Gasteiger partial charge in [-0.05, 0) is 57.4 Å². The molecule has 0 spiro atoms. The summed E-state index contributed by atoms with van der Waals surface area (Å²) in [5.41, 5.74) is 5.83. The van der Waals surface area contributed by atoms with E-state index >= 15 is 0 Å². The minimum absolute atomic E-state index is 0.0345. The molecule has 1 amide bonds. The summed E-state index contributed by atoms with van der Waals surface area (Å²) in [5, 5.41) is 18.7. The molecule has 1 N–H and O–H groups in total. The second-order valence-electron chi connectivity index (χ2n) is 9.26. The maximum atomic E-state index is 13.0. The van der Waals surface area contributed by atoms with Gasteiger partial charge in [-0.15, -0.1) is 5.10 Å². The molecule has 1 atom stereocenters. The standard InChI is InChI=1S/C27H29ClN6O/c1-17-10-12-22(13-11-17)34-19(3)24-18(2)30-31-26(25(24)32-34)33-14-6-8-21(16-33)27(35)29-15-20-7-4-5-9-23(20)28/h4-5,7,9-13,21H,6,8,14-16H2,1-3H3,(H,29,35)/t21-/m0/s1. The number of rotatable bonds is 5. The predicted octanol–water partition coefficient (Wildman–Crippen LogP) is 4.93. The molecule has 5 rings (SSSR count). The highest BCUT2D eigenvalue weighted by molar-refractivity contribution is 6.31. The molecule has 2 aromatic heterocycles. The molecule has 0 aliphatic carbocycles. The molecule has 0 radical (unpaired) electrons. The number of piperidine rings is 1. The van der Waals surface area contributed by atoms with Crippen molar-refractivity contribution in [1.29, 1.82) is 0 Å². The lowest BCUT2D eigenvalue weighted by molar-refractivity contribution is -0.125. The van der Waals surface area contributed by atoms with E-state index in [2.05, 4.69) is 58.5 Å². The summed E-state index contributed by atoms with van der Waals surface area (Å²) in [6, 6.07) is 15.9. The fourth-order valence-corrected chi connectivity index (χ4v) is 5.02. The Labute approximate surface area is 210 Å². The van der Waals surface area contributed by atoms with Gasteiger partial charge in [-0.2, -0.15) is 10.2 Å². The smallest absolute Gasteiger partial charge is 0.225 e. The molecule has 1 aliphatic rings. The van der Waals surface area contributed by atoms with E-state index in [1.54, 1.807) is 0 Å². The molecule has 1 saturated heterocycles. The normalized spacial score (nSPS) is 16.0. The number of hydrogen-bond donors (Lipinski definition) is 1. The highest BCUT2D eigenvalue weighted by Crippen LogP contribution is 2.31. The van der Waals surface area contributed by atoms with E-state index < -0.39 is 0 Å². The third-order valence-corrected chi connectivity index (χ3v) is 7.13. The topological polar surface area (TPSA) is 75.9 Å². The van der Waals surface area contributed by atoms with Crippen LogP contribution in [0.5, 0.6) is 0 Å². The van der Waals surface area contributed by atoms with E-state index in [0.29, 0.717) is 18.1 Å². The van der Waals surface area contributed by atoms with Crippen molar-refractivity contribution in [3.63, 3.8) is 0 Å². The number of fused-ring (bicyclic) bond motifs is 1. The summed E-state index contributed by atoms with van der Waals surface area (Å²) < 4.78 is 1.96.